The summed E-state index contributed by atoms with van der Waals surface area (Å²) in [5, 5.41) is 6.92. The van der Waals surface area contributed by atoms with E-state index in [1.54, 1.807) is 30.3 Å². The Kier molecular flexibility index (Phi) is 6.36. The van der Waals surface area contributed by atoms with Crippen molar-refractivity contribution in [1.29, 1.82) is 0 Å². The largest absolute Gasteiger partial charge is 0.493 e. The molecule has 3 aromatic carbocycles. The zero-order chi connectivity index (χ0) is 22.0. The van der Waals surface area contributed by atoms with Gasteiger partial charge in [-0.05, 0) is 49.4 Å². The number of aromatic amines is 1. The van der Waals surface area contributed by atoms with Crippen LogP contribution in [0.1, 0.15) is 17.3 Å². The van der Waals surface area contributed by atoms with Crippen LogP contribution in [0.5, 0.6) is 5.75 Å². The first-order valence-corrected chi connectivity index (χ1v) is 10.9. The van der Waals surface area contributed by atoms with Gasteiger partial charge in [-0.2, -0.15) is 0 Å². The molecule has 9 heteroatoms. The molecule has 0 radical (unpaired) electrons. The Labute approximate surface area is 197 Å². The summed E-state index contributed by atoms with van der Waals surface area (Å²) < 4.78 is 6.63. The molecular weight excluding hydrogens is 503 g/mol. The number of nitrogens with one attached hydrogen (secondary N) is 3. The lowest BCUT2D eigenvalue weighted by molar-refractivity contribution is 0.102. The summed E-state index contributed by atoms with van der Waals surface area (Å²) in [7, 11) is 0. The third kappa shape index (κ3) is 4.79. The molecule has 1 amide bonds. The van der Waals surface area contributed by atoms with Gasteiger partial charge in [0.1, 0.15) is 5.75 Å². The minimum atomic E-state index is -0.286. The van der Waals surface area contributed by atoms with Crippen molar-refractivity contribution in [1.82, 2.24) is 9.97 Å². The second-order valence-electron chi connectivity index (χ2n) is 6.57. The monoisotopic (exact) mass is 518 g/mol. The van der Waals surface area contributed by atoms with Crippen molar-refractivity contribution in [3.8, 4) is 5.75 Å². The van der Waals surface area contributed by atoms with Crippen molar-refractivity contribution < 1.29 is 9.53 Å². The number of para-hydroxylation sites is 1. The smallest absolute Gasteiger partial charge is 0.259 e. The zero-order valence-corrected chi connectivity index (χ0v) is 19.4. The third-order valence-electron chi connectivity index (χ3n) is 4.44. The number of imidazole rings is 1. The van der Waals surface area contributed by atoms with E-state index in [4.69, 9.17) is 27.9 Å². The number of ether oxygens (including phenoxy) is 1. The van der Waals surface area contributed by atoms with E-state index in [-0.39, 0.29) is 5.91 Å². The van der Waals surface area contributed by atoms with Crippen LogP contribution < -0.4 is 15.4 Å². The van der Waals surface area contributed by atoms with E-state index in [9.17, 15) is 4.79 Å². The fourth-order valence-electron chi connectivity index (χ4n) is 3.02. The van der Waals surface area contributed by atoms with Crippen LogP contribution in [0.15, 0.2) is 59.1 Å². The highest BCUT2D eigenvalue weighted by molar-refractivity contribution is 9.10. The fraction of sp³-hybridized carbons (Fsp3) is 0.0909. The topological polar surface area (TPSA) is 79.0 Å². The van der Waals surface area contributed by atoms with E-state index in [0.29, 0.717) is 56.3 Å². The SMILES string of the molecule is CCOc1cc2nc(Nc3c(Cl)cccc3Cl)[nH]c2cc1C(=O)Nc1ccc(Br)cc1. The van der Waals surface area contributed by atoms with Gasteiger partial charge in [-0.3, -0.25) is 4.79 Å². The second-order valence-corrected chi connectivity index (χ2v) is 8.30. The molecule has 0 aliphatic rings. The number of H-pyrrole nitrogens is 1. The molecule has 1 aromatic heterocycles. The van der Waals surface area contributed by atoms with Crippen LogP contribution in [0.4, 0.5) is 17.3 Å². The number of benzene rings is 3. The molecule has 0 saturated carbocycles. The fourth-order valence-corrected chi connectivity index (χ4v) is 3.77. The Hall–Kier alpha value is -2.74. The number of carbonyl (C=O) groups excluding carboxylic acids is 1. The summed E-state index contributed by atoms with van der Waals surface area (Å²) in [6, 6.07) is 16.0. The maximum absolute atomic E-state index is 12.9. The molecule has 0 bridgehead atoms. The van der Waals surface area contributed by atoms with Crippen molar-refractivity contribution >= 4 is 73.4 Å². The molecular formula is C22H17BrCl2N4O2. The molecule has 0 aliphatic heterocycles. The number of amides is 1. The van der Waals surface area contributed by atoms with Gasteiger partial charge in [-0.15, -0.1) is 0 Å². The van der Waals surface area contributed by atoms with Gasteiger partial charge in [0.15, 0.2) is 0 Å². The lowest BCUT2D eigenvalue weighted by Crippen LogP contribution is -2.13. The highest BCUT2D eigenvalue weighted by Gasteiger charge is 2.17. The van der Waals surface area contributed by atoms with E-state index in [1.165, 1.54) is 0 Å². The van der Waals surface area contributed by atoms with E-state index in [0.717, 1.165) is 4.47 Å². The van der Waals surface area contributed by atoms with Crippen molar-refractivity contribution in [3.63, 3.8) is 0 Å². The highest BCUT2D eigenvalue weighted by Crippen LogP contribution is 2.33. The van der Waals surface area contributed by atoms with E-state index in [2.05, 4.69) is 36.5 Å². The summed E-state index contributed by atoms with van der Waals surface area (Å²) >= 11 is 15.9. The van der Waals surface area contributed by atoms with Crippen LogP contribution in [0.2, 0.25) is 10.0 Å². The summed E-state index contributed by atoms with van der Waals surface area (Å²) in [6.45, 7) is 2.27. The van der Waals surface area contributed by atoms with Crippen molar-refractivity contribution in [2.75, 3.05) is 17.2 Å². The van der Waals surface area contributed by atoms with Gasteiger partial charge in [0.05, 0.1) is 38.9 Å². The van der Waals surface area contributed by atoms with Gasteiger partial charge < -0.3 is 20.4 Å². The summed E-state index contributed by atoms with van der Waals surface area (Å²) in [5.74, 6) is 0.599. The molecule has 0 aliphatic carbocycles. The number of carbonyl (C=O) groups is 1. The lowest BCUT2D eigenvalue weighted by Gasteiger charge is -2.11. The van der Waals surface area contributed by atoms with Crippen LogP contribution in [-0.4, -0.2) is 22.5 Å². The molecule has 158 valence electrons. The van der Waals surface area contributed by atoms with Crippen LogP contribution in [-0.2, 0) is 0 Å². The van der Waals surface area contributed by atoms with Crippen LogP contribution in [0, 0.1) is 0 Å². The standard InChI is InChI=1S/C22H17BrCl2N4O2/c1-2-31-19-11-18-17(10-14(19)21(30)26-13-8-6-12(23)7-9-13)27-22(28-18)29-20-15(24)4-3-5-16(20)25/h3-11H,2H2,1H3,(H,26,30)(H2,27,28,29). The number of anilines is 3. The van der Waals surface area contributed by atoms with Crippen molar-refractivity contribution in [3.05, 3.63) is 74.7 Å². The van der Waals surface area contributed by atoms with Gasteiger partial charge >= 0.3 is 0 Å². The van der Waals surface area contributed by atoms with Crippen LogP contribution >= 0.6 is 39.1 Å². The first kappa shape index (κ1) is 21.5. The van der Waals surface area contributed by atoms with Crippen molar-refractivity contribution in [2.24, 2.45) is 0 Å². The predicted octanol–water partition coefficient (Wildman–Crippen LogP) is 7.03. The van der Waals surface area contributed by atoms with Crippen molar-refractivity contribution in [2.45, 2.75) is 6.92 Å². The molecule has 0 spiro atoms. The second kappa shape index (κ2) is 9.18. The molecule has 0 unspecified atom stereocenters. The molecule has 0 saturated heterocycles. The number of halogens is 3. The van der Waals surface area contributed by atoms with Crippen LogP contribution in [0.3, 0.4) is 0 Å². The molecule has 1 heterocycles. The third-order valence-corrected chi connectivity index (χ3v) is 5.59. The van der Waals surface area contributed by atoms with Gasteiger partial charge in [0.2, 0.25) is 5.95 Å². The predicted molar refractivity (Wildman–Crippen MR) is 129 cm³/mol. The Bertz CT molecular complexity index is 1240. The minimum absolute atomic E-state index is 0.286. The van der Waals surface area contributed by atoms with E-state index in [1.807, 2.05) is 31.2 Å². The molecule has 0 atom stereocenters. The lowest BCUT2D eigenvalue weighted by atomic mass is 10.1. The minimum Gasteiger partial charge on any atom is -0.493 e. The molecule has 31 heavy (non-hydrogen) atoms. The number of fused-ring (bicyclic) bond motifs is 1. The Morgan fingerprint density at radius 3 is 2.52 bits per heavy atom. The summed E-state index contributed by atoms with van der Waals surface area (Å²) in [4.78, 5) is 20.6. The Balaban J connectivity index is 1.67. The average molecular weight is 520 g/mol. The average Bonchev–Trinajstić information content (AvgIpc) is 3.13. The number of aromatic nitrogens is 2. The first-order chi connectivity index (χ1) is 14.9. The number of rotatable bonds is 6. The highest BCUT2D eigenvalue weighted by atomic mass is 79.9. The first-order valence-electron chi connectivity index (χ1n) is 9.39. The van der Waals surface area contributed by atoms with E-state index < -0.39 is 0 Å². The Morgan fingerprint density at radius 2 is 1.84 bits per heavy atom. The molecule has 4 rings (SSSR count). The van der Waals surface area contributed by atoms with Gasteiger partial charge in [0.25, 0.3) is 5.91 Å². The summed E-state index contributed by atoms with van der Waals surface area (Å²) in [6.07, 6.45) is 0. The number of hydrogen-bond acceptors (Lipinski definition) is 4. The summed E-state index contributed by atoms with van der Waals surface area (Å²) in [5.41, 5.74) is 2.91. The normalized spacial score (nSPS) is 10.8. The maximum atomic E-state index is 12.9. The van der Waals surface area contributed by atoms with Gasteiger partial charge in [0, 0.05) is 16.2 Å². The van der Waals surface area contributed by atoms with Crippen LogP contribution in [0.25, 0.3) is 11.0 Å². The number of hydrogen-bond donors (Lipinski definition) is 3. The Morgan fingerprint density at radius 1 is 1.13 bits per heavy atom. The van der Waals surface area contributed by atoms with Gasteiger partial charge in [-0.25, -0.2) is 4.98 Å². The number of nitrogens with zero attached hydrogens (tertiary/aromatic N) is 1. The quantitative estimate of drug-likeness (QED) is 0.255. The molecule has 3 N–H and O–H groups in total. The molecule has 4 aromatic rings. The van der Waals surface area contributed by atoms with Gasteiger partial charge in [-0.1, -0.05) is 45.2 Å². The maximum Gasteiger partial charge on any atom is 0.259 e. The molecule has 6 nitrogen and oxygen atoms in total. The zero-order valence-electron chi connectivity index (χ0n) is 16.3. The molecule has 0 fully saturated rings. The van der Waals surface area contributed by atoms with E-state index >= 15 is 0 Å².